The summed E-state index contributed by atoms with van der Waals surface area (Å²) in [7, 11) is 0. The monoisotopic (exact) mass is 509 g/mol. The van der Waals surface area contributed by atoms with Crippen molar-refractivity contribution in [3.8, 4) is 6.07 Å². The molecule has 6 nitrogen and oxygen atoms in total. The van der Waals surface area contributed by atoms with E-state index in [0.717, 1.165) is 0 Å². The lowest BCUT2D eigenvalue weighted by atomic mass is 9.93. The summed E-state index contributed by atoms with van der Waals surface area (Å²) in [6.45, 7) is 6.10. The van der Waals surface area contributed by atoms with E-state index in [1.54, 1.807) is 6.08 Å². The van der Waals surface area contributed by atoms with E-state index < -0.39 is 53.4 Å². The van der Waals surface area contributed by atoms with Crippen molar-refractivity contribution in [2.75, 3.05) is 0 Å². The van der Waals surface area contributed by atoms with Gasteiger partial charge in [-0.15, -0.1) is 0 Å². The summed E-state index contributed by atoms with van der Waals surface area (Å²) in [4.78, 5) is 25.2. The lowest BCUT2D eigenvalue weighted by Gasteiger charge is -2.30. The summed E-state index contributed by atoms with van der Waals surface area (Å²) in [5, 5.41) is 14.0. The zero-order chi connectivity index (χ0) is 26.9. The molecule has 1 heterocycles. The molecule has 2 aliphatic rings. The molecule has 196 valence electrons. The van der Waals surface area contributed by atoms with Crippen LogP contribution in [0.25, 0.3) is 5.57 Å². The Kier molecular flexibility index (Phi) is 7.56. The first-order chi connectivity index (χ1) is 16.7. The topological polar surface area (TPSA) is 91.2 Å². The quantitative estimate of drug-likeness (QED) is 0.340. The second kappa shape index (κ2) is 9.85. The summed E-state index contributed by atoms with van der Waals surface area (Å²) in [6.07, 6.45) is -1.72. The molecule has 1 amide bonds. The van der Waals surface area contributed by atoms with Crippen molar-refractivity contribution in [1.29, 1.82) is 5.26 Å². The Morgan fingerprint density at radius 1 is 1.14 bits per heavy atom. The van der Waals surface area contributed by atoms with E-state index in [2.05, 4.69) is 10.6 Å². The van der Waals surface area contributed by atoms with Crippen LogP contribution >= 0.6 is 0 Å². The third-order valence-electron chi connectivity index (χ3n) is 6.70. The molecule has 2 N–H and O–H groups in total. The van der Waals surface area contributed by atoms with E-state index >= 15 is 0 Å². The van der Waals surface area contributed by atoms with Crippen LogP contribution in [-0.2, 0) is 14.3 Å². The minimum Gasteiger partial charge on any atom is -0.451 e. The number of carbonyl (C=O) groups is 2. The number of carbonyl (C=O) groups excluding carboxylic acids is 2. The highest BCUT2D eigenvalue weighted by atomic mass is 19.4. The molecular weight excluding hydrogens is 478 g/mol. The maximum Gasteiger partial charge on any atom is 0.407 e. The lowest BCUT2D eigenvalue weighted by Crippen LogP contribution is -2.53. The number of amides is 1. The number of hydrogen-bond donors (Lipinski definition) is 2. The molecule has 1 aromatic carbocycles. The van der Waals surface area contributed by atoms with Crippen LogP contribution in [0.1, 0.15) is 77.0 Å². The molecule has 0 aromatic heterocycles. The van der Waals surface area contributed by atoms with Gasteiger partial charge in [0.1, 0.15) is 22.9 Å². The standard InChI is InChI=1S/C26H31F4N3O3/c1-5-25(6-2)13-18(22(35)36-25)16-7-9-17(10-8-16)20(26(28,29)30)32-19(14-23(3,4)27)21(34)33-24(15-31)11-12-24/h7-10,13,19-20,32H,5-6,11-12,14H2,1-4H3,(H,33,34)/t19-,20-/m0/s1. The van der Waals surface area contributed by atoms with Crippen LogP contribution < -0.4 is 10.6 Å². The second-order valence-electron chi connectivity index (χ2n) is 10.1. The van der Waals surface area contributed by atoms with E-state index in [-0.39, 0.29) is 11.1 Å². The fourth-order valence-corrected chi connectivity index (χ4v) is 4.25. The number of nitrogens with zero attached hydrogens (tertiary/aromatic N) is 1. The first-order valence-electron chi connectivity index (χ1n) is 12.0. The Labute approximate surface area is 208 Å². The molecule has 2 atom stereocenters. The van der Waals surface area contributed by atoms with Gasteiger partial charge >= 0.3 is 12.1 Å². The van der Waals surface area contributed by atoms with Crippen LogP contribution in [0.15, 0.2) is 30.3 Å². The molecule has 3 rings (SSSR count). The molecule has 0 bridgehead atoms. The van der Waals surface area contributed by atoms with Gasteiger partial charge in [-0.3, -0.25) is 10.1 Å². The third kappa shape index (κ3) is 6.25. The van der Waals surface area contributed by atoms with Crippen molar-refractivity contribution in [1.82, 2.24) is 10.6 Å². The smallest absolute Gasteiger partial charge is 0.407 e. The number of alkyl halides is 4. The van der Waals surface area contributed by atoms with Crippen molar-refractivity contribution in [2.24, 2.45) is 0 Å². The Balaban J connectivity index is 1.88. The number of halogens is 4. The van der Waals surface area contributed by atoms with E-state index in [1.807, 2.05) is 19.9 Å². The minimum absolute atomic E-state index is 0.202. The summed E-state index contributed by atoms with van der Waals surface area (Å²) in [5.74, 6) is -1.40. The summed E-state index contributed by atoms with van der Waals surface area (Å²) in [6, 6.07) is 3.37. The van der Waals surface area contributed by atoms with Gasteiger partial charge < -0.3 is 10.1 Å². The van der Waals surface area contributed by atoms with Gasteiger partial charge in [0.2, 0.25) is 5.91 Å². The van der Waals surface area contributed by atoms with Crippen LogP contribution in [-0.4, -0.2) is 40.9 Å². The molecule has 1 saturated carbocycles. The number of esters is 1. The highest BCUT2D eigenvalue weighted by Gasteiger charge is 2.48. The third-order valence-corrected chi connectivity index (χ3v) is 6.70. The highest BCUT2D eigenvalue weighted by Crippen LogP contribution is 2.38. The molecule has 0 saturated heterocycles. The SMILES string of the molecule is CCC1(CC)C=C(c2ccc([C@H](N[C@@H](CC(C)(C)F)C(=O)NC3(C#N)CC3)C(F)(F)F)cc2)C(=O)O1. The molecule has 10 heteroatoms. The fraction of sp³-hybridized carbons (Fsp3) is 0.577. The Morgan fingerprint density at radius 3 is 2.14 bits per heavy atom. The molecule has 1 fully saturated rings. The number of nitrogens with one attached hydrogen (secondary N) is 2. The van der Waals surface area contributed by atoms with Gasteiger partial charge in [0.25, 0.3) is 0 Å². The Bertz CT molecular complexity index is 1060. The minimum atomic E-state index is -4.81. The van der Waals surface area contributed by atoms with Crippen molar-refractivity contribution >= 4 is 17.4 Å². The molecule has 0 unspecified atom stereocenters. The molecule has 1 aliphatic carbocycles. The first-order valence-corrected chi connectivity index (χ1v) is 12.0. The predicted octanol–water partition coefficient (Wildman–Crippen LogP) is 5.06. The summed E-state index contributed by atoms with van der Waals surface area (Å²) in [5.41, 5.74) is -3.29. The summed E-state index contributed by atoms with van der Waals surface area (Å²) >= 11 is 0. The average Bonchev–Trinajstić information content (AvgIpc) is 3.49. The van der Waals surface area contributed by atoms with Crippen molar-refractivity contribution in [3.63, 3.8) is 0 Å². The number of rotatable bonds is 10. The number of hydrogen-bond acceptors (Lipinski definition) is 5. The van der Waals surface area contributed by atoms with E-state index in [0.29, 0.717) is 31.2 Å². The van der Waals surface area contributed by atoms with Crippen LogP contribution in [0.3, 0.4) is 0 Å². The van der Waals surface area contributed by atoms with Gasteiger partial charge in [0.15, 0.2) is 0 Å². The molecule has 0 spiro atoms. The first kappa shape index (κ1) is 27.7. The van der Waals surface area contributed by atoms with Gasteiger partial charge in [-0.2, -0.15) is 18.4 Å². The zero-order valence-electron chi connectivity index (χ0n) is 20.8. The predicted molar refractivity (Wildman–Crippen MR) is 125 cm³/mol. The van der Waals surface area contributed by atoms with Gasteiger partial charge in [0, 0.05) is 6.42 Å². The number of nitriles is 1. The Morgan fingerprint density at radius 2 is 1.72 bits per heavy atom. The van der Waals surface area contributed by atoms with E-state index in [4.69, 9.17) is 4.74 Å². The summed E-state index contributed by atoms with van der Waals surface area (Å²) < 4.78 is 62.3. The van der Waals surface area contributed by atoms with Gasteiger partial charge in [-0.05, 0) is 56.7 Å². The largest absolute Gasteiger partial charge is 0.451 e. The average molecular weight is 510 g/mol. The Hall–Kier alpha value is -2.93. The van der Waals surface area contributed by atoms with Crippen LogP contribution in [0.5, 0.6) is 0 Å². The van der Waals surface area contributed by atoms with Gasteiger partial charge in [-0.1, -0.05) is 38.1 Å². The fourth-order valence-electron chi connectivity index (χ4n) is 4.25. The number of cyclic esters (lactones) is 1. The highest BCUT2D eigenvalue weighted by molar-refractivity contribution is 6.18. The van der Waals surface area contributed by atoms with Gasteiger partial charge in [0.05, 0.1) is 17.7 Å². The number of benzene rings is 1. The maximum atomic E-state index is 14.4. The molecule has 1 aromatic rings. The normalized spacial score (nSPS) is 20.1. The van der Waals surface area contributed by atoms with Crippen molar-refractivity contribution in [3.05, 3.63) is 41.5 Å². The maximum absolute atomic E-state index is 14.4. The second-order valence-corrected chi connectivity index (χ2v) is 10.1. The zero-order valence-corrected chi connectivity index (χ0v) is 20.8. The molecule has 0 radical (unpaired) electrons. The number of ether oxygens (including phenoxy) is 1. The molecular formula is C26H31F4N3O3. The lowest BCUT2D eigenvalue weighted by molar-refractivity contribution is -0.161. The van der Waals surface area contributed by atoms with Crippen LogP contribution in [0.2, 0.25) is 0 Å². The van der Waals surface area contributed by atoms with Gasteiger partial charge in [-0.25, -0.2) is 9.18 Å². The van der Waals surface area contributed by atoms with Crippen LogP contribution in [0, 0.1) is 11.3 Å². The van der Waals surface area contributed by atoms with Crippen molar-refractivity contribution in [2.45, 2.75) is 94.9 Å². The molecule has 36 heavy (non-hydrogen) atoms. The van der Waals surface area contributed by atoms with E-state index in [9.17, 15) is 32.4 Å². The molecule has 1 aliphatic heterocycles. The van der Waals surface area contributed by atoms with E-state index in [1.165, 1.54) is 38.1 Å². The van der Waals surface area contributed by atoms with Crippen molar-refractivity contribution < 1.29 is 31.9 Å². The van der Waals surface area contributed by atoms with Crippen LogP contribution in [0.4, 0.5) is 17.6 Å².